The minimum atomic E-state index is -0.296. The Morgan fingerprint density at radius 3 is 2.46 bits per heavy atom. The van der Waals surface area contributed by atoms with Gasteiger partial charge < -0.3 is 5.11 Å². The fourth-order valence-corrected chi connectivity index (χ4v) is 0.955. The number of imide groups is 1. The van der Waals surface area contributed by atoms with Crippen LogP contribution in [0.15, 0.2) is 0 Å². The van der Waals surface area contributed by atoms with E-state index in [2.05, 4.69) is 0 Å². The molecule has 0 saturated carbocycles. The second-order valence-corrected chi connectivity index (χ2v) is 3.17. The van der Waals surface area contributed by atoms with E-state index in [1.807, 2.05) is 0 Å². The van der Waals surface area contributed by atoms with E-state index in [0.29, 0.717) is 0 Å². The maximum absolute atomic E-state index is 11.0. The normalized spacial score (nSPS) is 19.7. The van der Waals surface area contributed by atoms with Crippen molar-refractivity contribution >= 4 is 11.8 Å². The van der Waals surface area contributed by atoms with Crippen LogP contribution in [0.3, 0.4) is 0 Å². The number of aliphatic hydroxyl groups is 1. The van der Waals surface area contributed by atoms with Crippen molar-refractivity contribution in [2.45, 2.75) is 19.8 Å². The Balaban J connectivity index is 2.35. The molecule has 5 nitrogen and oxygen atoms in total. The Labute approximate surface area is 76.2 Å². The number of carbonyl (C=O) groups is 2. The molecule has 1 aliphatic heterocycles. The van der Waals surface area contributed by atoms with Gasteiger partial charge in [0.2, 0.25) is 0 Å². The van der Waals surface area contributed by atoms with Gasteiger partial charge in [0.05, 0.1) is 6.61 Å². The van der Waals surface area contributed by atoms with Gasteiger partial charge in [0.1, 0.15) is 0 Å². The molecule has 1 aliphatic rings. The van der Waals surface area contributed by atoms with Gasteiger partial charge in [-0.15, -0.1) is 0 Å². The molecular weight excluding hydrogens is 174 g/mol. The Kier molecular flexibility index (Phi) is 3.39. The van der Waals surface area contributed by atoms with Gasteiger partial charge >= 0.3 is 0 Å². The van der Waals surface area contributed by atoms with Crippen molar-refractivity contribution in [3.8, 4) is 0 Å². The zero-order valence-electron chi connectivity index (χ0n) is 7.52. The fourth-order valence-electron chi connectivity index (χ4n) is 0.955. The first kappa shape index (κ1) is 10.1. The molecule has 1 N–H and O–H groups in total. The third-order valence-electron chi connectivity index (χ3n) is 1.81. The maximum atomic E-state index is 11.0. The van der Waals surface area contributed by atoms with Crippen molar-refractivity contribution in [2.24, 2.45) is 5.92 Å². The Bertz CT molecular complexity index is 200. The highest BCUT2D eigenvalue weighted by Gasteiger charge is 2.30. The predicted octanol–water partition coefficient (Wildman–Crippen LogP) is -0.305. The summed E-state index contributed by atoms with van der Waals surface area (Å²) in [5.41, 5.74) is 0. The van der Waals surface area contributed by atoms with Crippen LogP contribution in [-0.4, -0.2) is 35.2 Å². The van der Waals surface area contributed by atoms with E-state index in [-0.39, 0.29) is 43.8 Å². The monoisotopic (exact) mass is 187 g/mol. The average molecular weight is 187 g/mol. The van der Waals surface area contributed by atoms with Crippen molar-refractivity contribution in [3.63, 3.8) is 0 Å². The van der Waals surface area contributed by atoms with Crippen molar-refractivity contribution < 1.29 is 19.5 Å². The second kappa shape index (κ2) is 4.34. The highest BCUT2D eigenvalue weighted by Crippen LogP contribution is 2.12. The summed E-state index contributed by atoms with van der Waals surface area (Å²) in [4.78, 5) is 27.0. The van der Waals surface area contributed by atoms with Crippen LogP contribution < -0.4 is 0 Å². The highest BCUT2D eigenvalue weighted by atomic mass is 16.7. The maximum Gasteiger partial charge on any atom is 0.253 e. The average Bonchev–Trinajstić information content (AvgIpc) is 2.43. The predicted molar refractivity (Wildman–Crippen MR) is 43.3 cm³/mol. The molecule has 0 bridgehead atoms. The lowest BCUT2D eigenvalue weighted by atomic mass is 10.2. The molecule has 2 amide bonds. The zero-order chi connectivity index (χ0) is 9.84. The molecule has 1 unspecified atom stereocenters. The van der Waals surface area contributed by atoms with Gasteiger partial charge in [-0.05, 0) is 0 Å². The summed E-state index contributed by atoms with van der Waals surface area (Å²) in [6.45, 7) is 1.94. The molecular formula is C8H13NO4. The lowest BCUT2D eigenvalue weighted by Crippen LogP contribution is -2.31. The number of rotatable bonds is 4. The third kappa shape index (κ3) is 2.50. The van der Waals surface area contributed by atoms with Crippen LogP contribution in [0, 0.1) is 5.92 Å². The van der Waals surface area contributed by atoms with Gasteiger partial charge in [0.25, 0.3) is 11.8 Å². The van der Waals surface area contributed by atoms with E-state index < -0.39 is 0 Å². The Morgan fingerprint density at radius 2 is 2.00 bits per heavy atom. The number of hydrogen-bond donors (Lipinski definition) is 1. The van der Waals surface area contributed by atoms with Crippen LogP contribution in [0.1, 0.15) is 19.8 Å². The van der Waals surface area contributed by atoms with Gasteiger partial charge in [0, 0.05) is 25.4 Å². The SMILES string of the molecule is CC(CO)CON1C(=O)CCC1=O. The quantitative estimate of drug-likeness (QED) is 0.613. The van der Waals surface area contributed by atoms with Crippen LogP contribution in [0.25, 0.3) is 0 Å². The lowest BCUT2D eigenvalue weighted by molar-refractivity contribution is -0.191. The lowest BCUT2D eigenvalue weighted by Gasteiger charge is -2.15. The van der Waals surface area contributed by atoms with Gasteiger partial charge in [-0.2, -0.15) is 5.06 Å². The number of nitrogens with zero attached hydrogens (tertiary/aromatic N) is 1. The van der Waals surface area contributed by atoms with Crippen LogP contribution in [-0.2, 0) is 14.4 Å². The molecule has 0 aromatic heterocycles. The van der Waals surface area contributed by atoms with Crippen LogP contribution in [0.2, 0.25) is 0 Å². The zero-order valence-corrected chi connectivity index (χ0v) is 7.52. The molecule has 5 heteroatoms. The fraction of sp³-hybridized carbons (Fsp3) is 0.750. The summed E-state index contributed by atoms with van der Waals surface area (Å²) < 4.78 is 0. The van der Waals surface area contributed by atoms with Crippen LogP contribution in [0.4, 0.5) is 0 Å². The van der Waals surface area contributed by atoms with Gasteiger partial charge in [-0.3, -0.25) is 14.4 Å². The second-order valence-electron chi connectivity index (χ2n) is 3.17. The molecule has 1 rings (SSSR count). The van der Waals surface area contributed by atoms with Gasteiger partial charge in [-0.25, -0.2) is 0 Å². The topological polar surface area (TPSA) is 66.8 Å². The van der Waals surface area contributed by atoms with Gasteiger partial charge in [0.15, 0.2) is 0 Å². The Hall–Kier alpha value is -0.940. The summed E-state index contributed by atoms with van der Waals surface area (Å²) in [5, 5.41) is 9.47. The van der Waals surface area contributed by atoms with E-state index >= 15 is 0 Å². The van der Waals surface area contributed by atoms with E-state index in [9.17, 15) is 9.59 Å². The molecule has 1 fully saturated rings. The van der Waals surface area contributed by atoms with E-state index in [0.717, 1.165) is 5.06 Å². The molecule has 74 valence electrons. The first-order valence-electron chi connectivity index (χ1n) is 4.24. The largest absolute Gasteiger partial charge is 0.396 e. The van der Waals surface area contributed by atoms with Crippen molar-refractivity contribution in [1.82, 2.24) is 5.06 Å². The van der Waals surface area contributed by atoms with Crippen molar-refractivity contribution in [2.75, 3.05) is 13.2 Å². The van der Waals surface area contributed by atoms with Crippen molar-refractivity contribution in [1.29, 1.82) is 0 Å². The molecule has 1 saturated heterocycles. The van der Waals surface area contributed by atoms with Crippen LogP contribution in [0.5, 0.6) is 0 Å². The molecule has 0 aromatic rings. The summed E-state index contributed by atoms with van der Waals surface area (Å²) in [5.74, 6) is -0.661. The summed E-state index contributed by atoms with van der Waals surface area (Å²) >= 11 is 0. The number of aliphatic hydroxyl groups excluding tert-OH is 1. The van der Waals surface area contributed by atoms with Crippen LogP contribution >= 0.6 is 0 Å². The summed E-state index contributed by atoms with van der Waals surface area (Å²) in [6, 6.07) is 0. The smallest absolute Gasteiger partial charge is 0.253 e. The number of amides is 2. The minimum Gasteiger partial charge on any atom is -0.396 e. The molecule has 0 radical (unpaired) electrons. The molecule has 1 heterocycles. The number of carbonyl (C=O) groups excluding carboxylic acids is 2. The van der Waals surface area contributed by atoms with E-state index in [4.69, 9.17) is 9.94 Å². The standard InChI is InChI=1S/C8H13NO4/c1-6(4-10)5-13-9-7(11)2-3-8(9)12/h6,10H,2-5H2,1H3. The minimum absolute atomic E-state index is 0.0176. The van der Waals surface area contributed by atoms with E-state index in [1.54, 1.807) is 6.92 Å². The molecule has 1 atom stereocenters. The summed E-state index contributed by atoms with van der Waals surface area (Å²) in [7, 11) is 0. The molecule has 13 heavy (non-hydrogen) atoms. The van der Waals surface area contributed by atoms with E-state index in [1.165, 1.54) is 0 Å². The Morgan fingerprint density at radius 1 is 1.46 bits per heavy atom. The molecule has 0 aliphatic carbocycles. The third-order valence-corrected chi connectivity index (χ3v) is 1.81. The summed E-state index contributed by atoms with van der Waals surface area (Å²) in [6.07, 6.45) is 0.457. The molecule has 0 aromatic carbocycles. The number of hydroxylamine groups is 2. The first-order chi connectivity index (χ1) is 6.15. The first-order valence-corrected chi connectivity index (χ1v) is 4.24. The van der Waals surface area contributed by atoms with Gasteiger partial charge in [-0.1, -0.05) is 6.92 Å². The number of hydrogen-bond acceptors (Lipinski definition) is 4. The molecule has 0 spiro atoms. The van der Waals surface area contributed by atoms with Crippen molar-refractivity contribution in [3.05, 3.63) is 0 Å². The highest BCUT2D eigenvalue weighted by molar-refractivity contribution is 6.00.